The summed E-state index contributed by atoms with van der Waals surface area (Å²) in [5.41, 5.74) is 4.77. The van der Waals surface area contributed by atoms with Crippen LogP contribution in [0.15, 0.2) is 6.07 Å². The minimum absolute atomic E-state index is 0.827. The number of aromatic nitrogens is 1. The SMILES string of the molecule is c1c(C2CCCCCCCC2)[nH]c2c1CCCC2. The first-order chi connectivity index (χ1) is 8.93. The largest absolute Gasteiger partial charge is 0.362 e. The zero-order valence-corrected chi connectivity index (χ0v) is 11.6. The van der Waals surface area contributed by atoms with Crippen molar-refractivity contribution in [1.82, 2.24) is 4.98 Å². The summed E-state index contributed by atoms with van der Waals surface area (Å²) in [5.74, 6) is 0.827. The van der Waals surface area contributed by atoms with Gasteiger partial charge >= 0.3 is 0 Å². The van der Waals surface area contributed by atoms with Crippen molar-refractivity contribution in [3.8, 4) is 0 Å². The molecule has 1 saturated carbocycles. The molecule has 0 radical (unpaired) electrons. The van der Waals surface area contributed by atoms with E-state index in [1.807, 2.05) is 0 Å². The maximum atomic E-state index is 3.77. The van der Waals surface area contributed by atoms with E-state index < -0.39 is 0 Å². The molecule has 1 fully saturated rings. The lowest BCUT2D eigenvalue weighted by atomic mass is 9.93. The van der Waals surface area contributed by atoms with E-state index in [0.29, 0.717) is 0 Å². The van der Waals surface area contributed by atoms with E-state index in [4.69, 9.17) is 0 Å². The zero-order chi connectivity index (χ0) is 12.2. The van der Waals surface area contributed by atoms with Crippen molar-refractivity contribution >= 4 is 0 Å². The molecule has 18 heavy (non-hydrogen) atoms. The Hall–Kier alpha value is -0.720. The van der Waals surface area contributed by atoms with Gasteiger partial charge in [-0.25, -0.2) is 0 Å². The van der Waals surface area contributed by atoms with Gasteiger partial charge < -0.3 is 4.98 Å². The fourth-order valence-electron chi connectivity index (χ4n) is 3.79. The van der Waals surface area contributed by atoms with E-state index in [2.05, 4.69) is 11.1 Å². The highest BCUT2D eigenvalue weighted by atomic mass is 14.7. The summed E-state index contributed by atoms with van der Waals surface area (Å²) >= 11 is 0. The summed E-state index contributed by atoms with van der Waals surface area (Å²) in [4.78, 5) is 3.77. The molecule has 100 valence electrons. The number of fused-ring (bicyclic) bond motifs is 1. The van der Waals surface area contributed by atoms with E-state index >= 15 is 0 Å². The van der Waals surface area contributed by atoms with Crippen LogP contribution in [0.4, 0.5) is 0 Å². The summed E-state index contributed by atoms with van der Waals surface area (Å²) in [5, 5.41) is 0. The highest BCUT2D eigenvalue weighted by Gasteiger charge is 2.18. The van der Waals surface area contributed by atoms with E-state index in [-0.39, 0.29) is 0 Å². The first-order valence-corrected chi connectivity index (χ1v) is 8.14. The maximum Gasteiger partial charge on any atom is 0.0183 e. The first-order valence-electron chi connectivity index (χ1n) is 8.14. The monoisotopic (exact) mass is 245 g/mol. The number of rotatable bonds is 1. The van der Waals surface area contributed by atoms with Crippen molar-refractivity contribution in [1.29, 1.82) is 0 Å². The van der Waals surface area contributed by atoms with Crippen LogP contribution in [0, 0.1) is 0 Å². The molecule has 3 rings (SSSR count). The molecule has 1 nitrogen and oxygen atoms in total. The zero-order valence-electron chi connectivity index (χ0n) is 11.6. The molecule has 0 atom stereocenters. The number of H-pyrrole nitrogens is 1. The molecule has 0 aliphatic heterocycles. The summed E-state index contributed by atoms with van der Waals surface area (Å²) in [6, 6.07) is 2.51. The van der Waals surface area contributed by atoms with Crippen molar-refractivity contribution in [2.24, 2.45) is 0 Å². The quantitative estimate of drug-likeness (QED) is 0.707. The average molecular weight is 245 g/mol. The molecule has 0 aromatic carbocycles. The van der Waals surface area contributed by atoms with Crippen LogP contribution in [0.3, 0.4) is 0 Å². The molecule has 0 spiro atoms. The summed E-state index contributed by atoms with van der Waals surface area (Å²) in [6.45, 7) is 0. The van der Waals surface area contributed by atoms with Crippen LogP contribution in [0.5, 0.6) is 0 Å². The molecular formula is C17H27N. The normalized spacial score (nSPS) is 22.9. The van der Waals surface area contributed by atoms with E-state index in [0.717, 1.165) is 5.92 Å². The van der Waals surface area contributed by atoms with Crippen LogP contribution >= 0.6 is 0 Å². The van der Waals surface area contributed by atoms with Crippen LogP contribution in [0.25, 0.3) is 0 Å². The minimum atomic E-state index is 0.827. The Labute approximate surface area is 111 Å². The summed E-state index contributed by atoms with van der Waals surface area (Å²) < 4.78 is 0. The molecule has 2 aliphatic carbocycles. The fourth-order valence-corrected chi connectivity index (χ4v) is 3.79. The van der Waals surface area contributed by atoms with Crippen LogP contribution < -0.4 is 0 Å². The molecule has 0 bridgehead atoms. The fraction of sp³-hybridized carbons (Fsp3) is 0.765. The van der Waals surface area contributed by atoms with Crippen LogP contribution in [-0.2, 0) is 12.8 Å². The molecule has 1 heteroatoms. The van der Waals surface area contributed by atoms with Gasteiger partial charge in [0.05, 0.1) is 0 Å². The number of hydrogen-bond donors (Lipinski definition) is 1. The predicted molar refractivity (Wildman–Crippen MR) is 77.1 cm³/mol. The van der Waals surface area contributed by atoms with Crippen molar-refractivity contribution in [2.45, 2.75) is 83.0 Å². The van der Waals surface area contributed by atoms with Gasteiger partial charge in [-0.1, -0.05) is 38.5 Å². The number of aromatic amines is 1. The third-order valence-corrected chi connectivity index (χ3v) is 4.93. The Kier molecular flexibility index (Phi) is 4.07. The van der Waals surface area contributed by atoms with E-state index in [1.165, 1.54) is 77.0 Å². The lowest BCUT2D eigenvalue weighted by Gasteiger charge is -2.14. The van der Waals surface area contributed by atoms with Crippen molar-refractivity contribution in [3.63, 3.8) is 0 Å². The van der Waals surface area contributed by atoms with Crippen molar-refractivity contribution in [3.05, 3.63) is 23.0 Å². The van der Waals surface area contributed by atoms with Crippen LogP contribution in [-0.4, -0.2) is 4.98 Å². The van der Waals surface area contributed by atoms with Gasteiger partial charge in [-0.3, -0.25) is 0 Å². The topological polar surface area (TPSA) is 15.8 Å². The van der Waals surface area contributed by atoms with Gasteiger partial charge in [0.15, 0.2) is 0 Å². The third-order valence-electron chi connectivity index (χ3n) is 4.93. The molecule has 1 heterocycles. The second-order valence-electron chi connectivity index (χ2n) is 6.33. The second-order valence-corrected chi connectivity index (χ2v) is 6.33. The van der Waals surface area contributed by atoms with Crippen molar-refractivity contribution < 1.29 is 0 Å². The van der Waals surface area contributed by atoms with Crippen LogP contribution in [0.2, 0.25) is 0 Å². The number of hydrogen-bond acceptors (Lipinski definition) is 0. The summed E-state index contributed by atoms with van der Waals surface area (Å²) in [6.07, 6.45) is 16.9. The lowest BCUT2D eigenvalue weighted by Crippen LogP contribution is -2.01. The van der Waals surface area contributed by atoms with Gasteiger partial charge in [-0.2, -0.15) is 0 Å². The lowest BCUT2D eigenvalue weighted by molar-refractivity contribution is 0.529. The maximum absolute atomic E-state index is 3.77. The Morgan fingerprint density at radius 3 is 2.17 bits per heavy atom. The predicted octanol–water partition coefficient (Wildman–Crippen LogP) is 5.11. The highest BCUT2D eigenvalue weighted by molar-refractivity contribution is 5.30. The molecule has 0 amide bonds. The second kappa shape index (κ2) is 5.95. The Bertz CT molecular complexity index is 343. The van der Waals surface area contributed by atoms with Gasteiger partial charge in [0.25, 0.3) is 0 Å². The van der Waals surface area contributed by atoms with Gasteiger partial charge in [-0.15, -0.1) is 0 Å². The standard InChI is InChI=1S/C17H27N/c1-2-4-6-10-14(9-5-3-1)17-13-15-11-7-8-12-16(15)18-17/h13-14,18H,1-12H2. The number of nitrogens with one attached hydrogen (secondary N) is 1. The molecule has 1 aromatic heterocycles. The Morgan fingerprint density at radius 1 is 0.778 bits per heavy atom. The van der Waals surface area contributed by atoms with Gasteiger partial charge in [0.2, 0.25) is 0 Å². The molecule has 0 saturated heterocycles. The summed E-state index contributed by atoms with van der Waals surface area (Å²) in [7, 11) is 0. The van der Waals surface area contributed by atoms with E-state index in [9.17, 15) is 0 Å². The number of aryl methyl sites for hydroxylation is 2. The third kappa shape index (κ3) is 2.81. The molecular weight excluding hydrogens is 218 g/mol. The Balaban J connectivity index is 1.72. The van der Waals surface area contributed by atoms with Gasteiger partial charge in [0, 0.05) is 11.4 Å². The smallest absolute Gasteiger partial charge is 0.0183 e. The van der Waals surface area contributed by atoms with E-state index in [1.54, 1.807) is 17.0 Å². The van der Waals surface area contributed by atoms with Crippen LogP contribution in [0.1, 0.15) is 87.1 Å². The van der Waals surface area contributed by atoms with Gasteiger partial charge in [-0.05, 0) is 56.1 Å². The molecule has 1 N–H and O–H groups in total. The minimum Gasteiger partial charge on any atom is -0.362 e. The van der Waals surface area contributed by atoms with Crippen molar-refractivity contribution in [2.75, 3.05) is 0 Å². The van der Waals surface area contributed by atoms with Gasteiger partial charge in [0.1, 0.15) is 0 Å². The molecule has 2 aliphatic rings. The average Bonchev–Trinajstić information content (AvgIpc) is 2.87. The molecule has 1 aromatic rings. The Morgan fingerprint density at radius 2 is 1.44 bits per heavy atom. The molecule has 0 unspecified atom stereocenters. The first kappa shape index (κ1) is 12.3. The highest BCUT2D eigenvalue weighted by Crippen LogP contribution is 2.32.